The van der Waals surface area contributed by atoms with Crippen LogP contribution in [0.5, 0.6) is 5.75 Å². The van der Waals surface area contributed by atoms with Crippen LogP contribution in [0.2, 0.25) is 0 Å². The molecular formula is C20H24F3N5O2S2. The summed E-state index contributed by atoms with van der Waals surface area (Å²) >= 11 is 6.71. The van der Waals surface area contributed by atoms with Crippen molar-refractivity contribution in [1.29, 1.82) is 0 Å². The summed E-state index contributed by atoms with van der Waals surface area (Å²) in [6, 6.07) is 5.44. The number of nitrogens with one attached hydrogen (secondary N) is 1. The van der Waals surface area contributed by atoms with Crippen LogP contribution >= 0.6 is 23.6 Å². The van der Waals surface area contributed by atoms with Gasteiger partial charge in [0.2, 0.25) is 11.0 Å². The topological polar surface area (TPSA) is 62.6 Å². The zero-order valence-corrected chi connectivity index (χ0v) is 18.9. The monoisotopic (exact) mass is 487 g/mol. The third-order valence-corrected chi connectivity index (χ3v) is 6.86. The summed E-state index contributed by atoms with van der Waals surface area (Å²) < 4.78 is 43.0. The normalized spacial score (nSPS) is 18.2. The summed E-state index contributed by atoms with van der Waals surface area (Å²) in [5.74, 6) is 0.118. The molecule has 7 nitrogen and oxygen atoms in total. The number of aromatic nitrogens is 2. The number of alkyl halides is 3. The second-order valence-corrected chi connectivity index (χ2v) is 9.56. The number of nitrogens with zero attached hydrogens (tertiary/aromatic N) is 4. The van der Waals surface area contributed by atoms with E-state index >= 15 is 0 Å². The highest BCUT2D eigenvalue weighted by molar-refractivity contribution is 7.73. The van der Waals surface area contributed by atoms with E-state index in [4.69, 9.17) is 12.2 Å². The first-order valence-corrected chi connectivity index (χ1v) is 11.7. The number of halogens is 3. The molecule has 1 N–H and O–H groups in total. The molecule has 3 heterocycles. The number of hydrogen-bond donors (Lipinski definition) is 1. The van der Waals surface area contributed by atoms with Gasteiger partial charge >= 0.3 is 6.36 Å². The predicted octanol–water partition coefficient (Wildman–Crippen LogP) is 4.61. The van der Waals surface area contributed by atoms with Gasteiger partial charge in [-0.2, -0.15) is 0 Å². The molecule has 0 radical (unpaired) electrons. The van der Waals surface area contributed by atoms with E-state index < -0.39 is 6.36 Å². The largest absolute Gasteiger partial charge is 0.573 e. The molecule has 174 valence electrons. The molecule has 2 aliphatic rings. The molecule has 0 unspecified atom stereocenters. The number of carbonyl (C=O) groups excluding carboxylic acids is 1. The minimum absolute atomic E-state index is 0.106. The zero-order chi connectivity index (χ0) is 22.7. The predicted molar refractivity (Wildman–Crippen MR) is 117 cm³/mol. The SMILES string of the molecule is O=C(C1CCN(Cn2nc(Nc3ccc(OC(F)(F)F)cc3)sc2=S)CC1)N1CCCC1. The molecule has 12 heteroatoms. The first kappa shape index (κ1) is 23.0. The summed E-state index contributed by atoms with van der Waals surface area (Å²) in [6.45, 7) is 3.95. The molecule has 2 saturated heterocycles. The van der Waals surface area contributed by atoms with Crippen LogP contribution < -0.4 is 10.1 Å². The van der Waals surface area contributed by atoms with Gasteiger partial charge in [0.1, 0.15) is 5.75 Å². The van der Waals surface area contributed by atoms with Crippen molar-refractivity contribution >= 4 is 40.3 Å². The van der Waals surface area contributed by atoms with Crippen LogP contribution in [0.4, 0.5) is 24.0 Å². The highest BCUT2D eigenvalue weighted by Gasteiger charge is 2.31. The molecular weight excluding hydrogens is 463 g/mol. The van der Waals surface area contributed by atoms with Gasteiger partial charge in [-0.25, -0.2) is 4.68 Å². The second-order valence-electron chi connectivity index (χ2n) is 7.94. The van der Waals surface area contributed by atoms with Gasteiger partial charge in [-0.1, -0.05) is 11.3 Å². The van der Waals surface area contributed by atoms with Crippen molar-refractivity contribution in [2.75, 3.05) is 31.5 Å². The molecule has 1 aromatic heterocycles. The molecule has 4 rings (SSSR count). The number of benzene rings is 1. The number of hydrogen-bond acceptors (Lipinski definition) is 7. The van der Waals surface area contributed by atoms with Crippen molar-refractivity contribution < 1.29 is 22.7 Å². The summed E-state index contributed by atoms with van der Waals surface area (Å²) in [5.41, 5.74) is 0.580. The standard InChI is InChI=1S/C20H24F3N5O2S2/c21-20(22,23)30-16-5-3-15(4-6-16)24-18-25-28(19(31)32-18)13-26-11-7-14(8-12-26)17(29)27-9-1-2-10-27/h3-6,14H,1-2,7-13H2,(H,24,25). The number of likely N-dealkylation sites (tertiary alicyclic amines) is 2. The highest BCUT2D eigenvalue weighted by Crippen LogP contribution is 2.27. The summed E-state index contributed by atoms with van der Waals surface area (Å²) in [5, 5.41) is 8.10. The van der Waals surface area contributed by atoms with Crippen molar-refractivity contribution in [1.82, 2.24) is 19.6 Å². The van der Waals surface area contributed by atoms with Gasteiger partial charge in [-0.15, -0.1) is 18.3 Å². The molecule has 2 fully saturated rings. The third kappa shape index (κ3) is 5.99. The number of rotatable bonds is 6. The van der Waals surface area contributed by atoms with Crippen LogP contribution in [0.25, 0.3) is 0 Å². The number of ether oxygens (including phenoxy) is 1. The fourth-order valence-corrected chi connectivity index (χ4v) is 5.03. The zero-order valence-electron chi connectivity index (χ0n) is 17.3. The first-order valence-electron chi connectivity index (χ1n) is 10.5. The number of anilines is 2. The molecule has 0 aliphatic carbocycles. The van der Waals surface area contributed by atoms with E-state index in [0.29, 0.717) is 27.3 Å². The first-order chi connectivity index (χ1) is 15.3. The van der Waals surface area contributed by atoms with Crippen LogP contribution in [0.15, 0.2) is 24.3 Å². The Morgan fingerprint density at radius 2 is 1.81 bits per heavy atom. The minimum Gasteiger partial charge on any atom is -0.406 e. The molecule has 32 heavy (non-hydrogen) atoms. The average Bonchev–Trinajstić information content (AvgIpc) is 3.39. The van der Waals surface area contributed by atoms with Crippen LogP contribution in [0.1, 0.15) is 25.7 Å². The van der Waals surface area contributed by atoms with Crippen LogP contribution in [-0.4, -0.2) is 58.0 Å². The lowest BCUT2D eigenvalue weighted by Crippen LogP contribution is -2.42. The molecule has 0 spiro atoms. The van der Waals surface area contributed by atoms with E-state index in [-0.39, 0.29) is 11.7 Å². The van der Waals surface area contributed by atoms with E-state index in [1.54, 1.807) is 4.68 Å². The Balaban J connectivity index is 1.29. The number of carbonyl (C=O) groups is 1. The Hall–Kier alpha value is -2.18. The fraction of sp³-hybridized carbons (Fsp3) is 0.550. The maximum atomic E-state index is 12.6. The Morgan fingerprint density at radius 3 is 2.44 bits per heavy atom. The van der Waals surface area contributed by atoms with Crippen LogP contribution in [-0.2, 0) is 11.5 Å². The number of amides is 1. The minimum atomic E-state index is -4.72. The molecule has 1 amide bonds. The van der Waals surface area contributed by atoms with E-state index in [9.17, 15) is 18.0 Å². The number of piperidine rings is 1. The van der Waals surface area contributed by atoms with Gasteiger partial charge in [-0.05, 0) is 62.2 Å². The van der Waals surface area contributed by atoms with Crippen molar-refractivity contribution in [2.45, 2.75) is 38.7 Å². The van der Waals surface area contributed by atoms with Gasteiger partial charge in [0.25, 0.3) is 0 Å². The lowest BCUT2D eigenvalue weighted by atomic mass is 9.95. The maximum Gasteiger partial charge on any atom is 0.573 e. The molecule has 0 atom stereocenters. The smallest absolute Gasteiger partial charge is 0.406 e. The highest BCUT2D eigenvalue weighted by atomic mass is 32.1. The van der Waals surface area contributed by atoms with Crippen LogP contribution in [0.3, 0.4) is 0 Å². The van der Waals surface area contributed by atoms with Gasteiger partial charge < -0.3 is 15.0 Å². The van der Waals surface area contributed by atoms with Gasteiger partial charge in [-0.3, -0.25) is 9.69 Å². The van der Waals surface area contributed by atoms with Crippen LogP contribution in [0, 0.1) is 9.87 Å². The van der Waals surface area contributed by atoms with E-state index in [1.807, 2.05) is 4.90 Å². The Bertz CT molecular complexity index is 978. The van der Waals surface area contributed by atoms with Crippen molar-refractivity contribution in [3.05, 3.63) is 28.2 Å². The third-order valence-electron chi connectivity index (χ3n) is 5.63. The Morgan fingerprint density at radius 1 is 1.16 bits per heavy atom. The van der Waals surface area contributed by atoms with Gasteiger partial charge in [0, 0.05) is 37.8 Å². The summed E-state index contributed by atoms with van der Waals surface area (Å²) in [7, 11) is 0. The molecule has 0 bridgehead atoms. The van der Waals surface area contributed by atoms with Crippen molar-refractivity contribution in [2.24, 2.45) is 5.92 Å². The summed E-state index contributed by atoms with van der Waals surface area (Å²) in [4.78, 5) is 16.8. The van der Waals surface area contributed by atoms with E-state index in [2.05, 4.69) is 20.1 Å². The van der Waals surface area contributed by atoms with E-state index in [1.165, 1.54) is 35.6 Å². The van der Waals surface area contributed by atoms with Gasteiger partial charge in [0.05, 0.1) is 6.67 Å². The van der Waals surface area contributed by atoms with Crippen molar-refractivity contribution in [3.8, 4) is 5.75 Å². The molecule has 0 saturated carbocycles. The maximum absolute atomic E-state index is 12.6. The molecule has 2 aliphatic heterocycles. The quantitative estimate of drug-likeness (QED) is 0.601. The van der Waals surface area contributed by atoms with Gasteiger partial charge in [0.15, 0.2) is 3.95 Å². The molecule has 1 aromatic carbocycles. The lowest BCUT2D eigenvalue weighted by molar-refractivity contribution is -0.274. The fourth-order valence-electron chi connectivity index (χ4n) is 4.02. The second kappa shape index (κ2) is 9.75. The van der Waals surface area contributed by atoms with Crippen molar-refractivity contribution in [3.63, 3.8) is 0 Å². The Kier molecular flexibility index (Phi) is 7.01. The molecule has 2 aromatic rings. The average molecular weight is 488 g/mol. The lowest BCUT2D eigenvalue weighted by Gasteiger charge is -2.32. The summed E-state index contributed by atoms with van der Waals surface area (Å²) in [6.07, 6.45) is -0.833. The van der Waals surface area contributed by atoms with E-state index in [0.717, 1.165) is 51.9 Å². The Labute approximate surface area is 192 Å².